The number of ether oxygens (including phenoxy) is 1. The van der Waals surface area contributed by atoms with E-state index >= 15 is 4.39 Å². The molecule has 7 nitrogen and oxygen atoms in total. The van der Waals surface area contributed by atoms with Crippen molar-refractivity contribution in [1.82, 2.24) is 9.97 Å². The second kappa shape index (κ2) is 8.65. The van der Waals surface area contributed by atoms with Crippen molar-refractivity contribution in [2.45, 2.75) is 6.61 Å². The number of halogens is 2. The molecule has 0 fully saturated rings. The van der Waals surface area contributed by atoms with E-state index < -0.39 is 34.8 Å². The van der Waals surface area contributed by atoms with E-state index in [1.807, 2.05) is 6.07 Å². The number of H-pyrrole nitrogens is 1. The fraction of sp³-hybridized carbons (Fsp3) is 0.0435. The topological polar surface area (TPSA) is 88.4 Å². The fourth-order valence-corrected chi connectivity index (χ4v) is 3.10. The number of pyridine rings is 1. The minimum Gasteiger partial charge on any atom is -0.444 e. The molecule has 0 aliphatic heterocycles. The molecule has 9 heteroatoms. The Morgan fingerprint density at radius 3 is 2.69 bits per heavy atom. The van der Waals surface area contributed by atoms with E-state index in [1.165, 1.54) is 18.5 Å². The van der Waals surface area contributed by atoms with Gasteiger partial charge in [-0.15, -0.1) is 0 Å². The number of aromatic nitrogens is 2. The van der Waals surface area contributed by atoms with Crippen LogP contribution >= 0.6 is 0 Å². The number of nitrogens with one attached hydrogen (secondary N) is 2. The lowest BCUT2D eigenvalue weighted by Gasteiger charge is -2.11. The van der Waals surface area contributed by atoms with Gasteiger partial charge in [0, 0.05) is 23.3 Å². The number of rotatable bonds is 5. The summed E-state index contributed by atoms with van der Waals surface area (Å²) in [6.45, 7) is 7.03. The van der Waals surface area contributed by atoms with Gasteiger partial charge in [-0.25, -0.2) is 18.4 Å². The lowest BCUT2D eigenvalue weighted by Crippen LogP contribution is -2.17. The number of nitrogens with zero attached hydrogens (tertiary/aromatic N) is 2. The van der Waals surface area contributed by atoms with Gasteiger partial charge in [0.05, 0.1) is 17.8 Å². The Morgan fingerprint density at radius 2 is 1.94 bits per heavy atom. The first-order valence-electron chi connectivity index (χ1n) is 9.33. The molecule has 0 aliphatic carbocycles. The van der Waals surface area contributed by atoms with Crippen LogP contribution in [0.5, 0.6) is 0 Å². The molecule has 0 bridgehead atoms. The summed E-state index contributed by atoms with van der Waals surface area (Å²) in [6.07, 6.45) is 1.61. The van der Waals surface area contributed by atoms with Gasteiger partial charge in [0.1, 0.15) is 18.1 Å². The quantitative estimate of drug-likeness (QED) is 0.328. The number of hydrogen-bond acceptors (Lipinski definition) is 4. The highest BCUT2D eigenvalue weighted by Crippen LogP contribution is 2.28. The van der Waals surface area contributed by atoms with Crippen LogP contribution in [0.2, 0.25) is 0 Å². The van der Waals surface area contributed by atoms with Crippen LogP contribution in [0, 0.1) is 18.2 Å². The van der Waals surface area contributed by atoms with E-state index in [0.717, 1.165) is 17.7 Å². The zero-order chi connectivity index (χ0) is 22.7. The van der Waals surface area contributed by atoms with Crippen molar-refractivity contribution in [1.29, 1.82) is 0 Å². The molecule has 0 unspecified atom stereocenters. The first-order valence-corrected chi connectivity index (χ1v) is 9.33. The van der Waals surface area contributed by atoms with Gasteiger partial charge in [0.15, 0.2) is 5.82 Å². The molecule has 2 heterocycles. The molecule has 0 saturated carbocycles. The number of aromatic amines is 1. The molecule has 0 aliphatic rings. The van der Waals surface area contributed by atoms with E-state index in [0.29, 0.717) is 5.65 Å². The van der Waals surface area contributed by atoms with Crippen LogP contribution in [0.25, 0.3) is 15.9 Å². The summed E-state index contributed by atoms with van der Waals surface area (Å²) in [4.78, 5) is 35.0. The van der Waals surface area contributed by atoms with Gasteiger partial charge in [0.2, 0.25) is 11.5 Å². The van der Waals surface area contributed by atoms with Crippen LogP contribution in [0.15, 0.2) is 60.9 Å². The summed E-state index contributed by atoms with van der Waals surface area (Å²) >= 11 is 0. The first-order chi connectivity index (χ1) is 15.5. The summed E-state index contributed by atoms with van der Waals surface area (Å²) in [7, 11) is 0. The van der Waals surface area contributed by atoms with E-state index in [-0.39, 0.29) is 23.2 Å². The molecule has 1 amide bonds. The SMILES string of the molecule is [C-]#[N+]c1cnc2[nH]cc(C(=O)c3c(F)ccc(NC(=O)OCc4ccccc4)c3F)c2c1. The first kappa shape index (κ1) is 20.7. The van der Waals surface area contributed by atoms with Gasteiger partial charge in [-0.1, -0.05) is 30.3 Å². The van der Waals surface area contributed by atoms with Gasteiger partial charge in [-0.3, -0.25) is 15.1 Å². The molecule has 0 atom stereocenters. The monoisotopic (exact) mass is 432 g/mol. The van der Waals surface area contributed by atoms with Crippen molar-refractivity contribution in [3.05, 3.63) is 101 Å². The van der Waals surface area contributed by atoms with E-state index in [4.69, 9.17) is 11.3 Å². The number of hydrogen-bond donors (Lipinski definition) is 2. The highest BCUT2D eigenvalue weighted by atomic mass is 19.1. The molecule has 4 aromatic rings. The minimum absolute atomic E-state index is 0.0486. The van der Waals surface area contributed by atoms with Crippen molar-refractivity contribution in [2.24, 2.45) is 0 Å². The van der Waals surface area contributed by atoms with Crippen molar-refractivity contribution in [3.63, 3.8) is 0 Å². The van der Waals surface area contributed by atoms with Gasteiger partial charge in [-0.05, 0) is 23.8 Å². The van der Waals surface area contributed by atoms with Crippen LogP contribution in [-0.4, -0.2) is 21.8 Å². The average Bonchev–Trinajstić information content (AvgIpc) is 3.23. The molecule has 2 aromatic heterocycles. The van der Waals surface area contributed by atoms with Crippen molar-refractivity contribution >= 4 is 34.3 Å². The smallest absolute Gasteiger partial charge is 0.412 e. The number of anilines is 1. The standard InChI is InChI=1S/C23H14F2N4O3/c1-26-14-9-15-16(11-28-22(15)27-10-14)21(30)19-17(24)7-8-18(20(19)25)29-23(31)32-12-13-5-3-2-4-6-13/h2-11H,12H2,(H,27,28)(H,29,31). The second-order valence-electron chi connectivity index (χ2n) is 6.70. The lowest BCUT2D eigenvalue weighted by molar-refractivity contribution is 0.103. The normalized spacial score (nSPS) is 10.5. The van der Waals surface area contributed by atoms with Crippen LogP contribution < -0.4 is 5.32 Å². The molecule has 158 valence electrons. The van der Waals surface area contributed by atoms with Crippen molar-refractivity contribution in [3.8, 4) is 0 Å². The van der Waals surface area contributed by atoms with Gasteiger partial charge < -0.3 is 9.72 Å². The largest absolute Gasteiger partial charge is 0.444 e. The number of amides is 1. The highest BCUT2D eigenvalue weighted by Gasteiger charge is 2.25. The van der Waals surface area contributed by atoms with Crippen LogP contribution in [0.3, 0.4) is 0 Å². The molecule has 0 radical (unpaired) electrons. The minimum atomic E-state index is -1.24. The number of ketones is 1. The molecule has 4 rings (SSSR count). The summed E-state index contributed by atoms with van der Waals surface area (Å²) in [5.74, 6) is -3.30. The molecular formula is C23H14F2N4O3. The lowest BCUT2D eigenvalue weighted by atomic mass is 10.0. The van der Waals surface area contributed by atoms with Gasteiger partial charge >= 0.3 is 6.09 Å². The van der Waals surface area contributed by atoms with Crippen LogP contribution in [-0.2, 0) is 11.3 Å². The molecule has 2 aromatic carbocycles. The Kier molecular flexibility index (Phi) is 5.59. The van der Waals surface area contributed by atoms with Gasteiger partial charge in [0.25, 0.3) is 0 Å². The summed E-state index contributed by atoms with van der Waals surface area (Å²) in [6, 6.07) is 12.1. The Labute approximate surface area is 180 Å². The maximum absolute atomic E-state index is 15.0. The summed E-state index contributed by atoms with van der Waals surface area (Å²) < 4.78 is 34.5. The average molecular weight is 432 g/mol. The zero-order valence-electron chi connectivity index (χ0n) is 16.4. The summed E-state index contributed by atoms with van der Waals surface area (Å²) in [5, 5.41) is 2.44. The van der Waals surface area contributed by atoms with Crippen LogP contribution in [0.1, 0.15) is 21.5 Å². The van der Waals surface area contributed by atoms with Crippen molar-refractivity contribution in [2.75, 3.05) is 5.32 Å². The van der Waals surface area contributed by atoms with Crippen LogP contribution in [0.4, 0.5) is 25.0 Å². The van der Waals surface area contributed by atoms with Gasteiger partial charge in [-0.2, -0.15) is 0 Å². The number of fused-ring (bicyclic) bond motifs is 1. The third-order valence-corrected chi connectivity index (χ3v) is 4.66. The van der Waals surface area contributed by atoms with E-state index in [9.17, 15) is 14.0 Å². The Balaban J connectivity index is 1.60. The van der Waals surface area contributed by atoms with E-state index in [1.54, 1.807) is 24.3 Å². The molecular weight excluding hydrogens is 418 g/mol. The zero-order valence-corrected chi connectivity index (χ0v) is 16.4. The van der Waals surface area contributed by atoms with Crippen molar-refractivity contribution < 1.29 is 23.1 Å². The Morgan fingerprint density at radius 1 is 1.16 bits per heavy atom. The Bertz CT molecular complexity index is 1380. The third kappa shape index (κ3) is 4.02. The number of carbonyl (C=O) groups is 2. The third-order valence-electron chi connectivity index (χ3n) is 4.66. The highest BCUT2D eigenvalue weighted by molar-refractivity contribution is 6.17. The van der Waals surface area contributed by atoms with E-state index in [2.05, 4.69) is 20.1 Å². The number of benzene rings is 2. The maximum Gasteiger partial charge on any atom is 0.412 e. The predicted molar refractivity (Wildman–Crippen MR) is 112 cm³/mol. The Hall–Kier alpha value is -4.58. The summed E-state index contributed by atoms with van der Waals surface area (Å²) in [5.41, 5.74) is -0.124. The second-order valence-corrected chi connectivity index (χ2v) is 6.70. The molecule has 0 saturated heterocycles. The molecule has 2 N–H and O–H groups in total. The number of carbonyl (C=O) groups excluding carboxylic acids is 2. The molecule has 0 spiro atoms. The molecule has 32 heavy (non-hydrogen) atoms. The predicted octanol–water partition coefficient (Wildman–Crippen LogP) is 5.37. The fourth-order valence-electron chi connectivity index (χ4n) is 3.10. The maximum atomic E-state index is 15.0.